The molecule has 1 unspecified atom stereocenters. The second-order valence-electron chi connectivity index (χ2n) is 4.48. The molecule has 1 rings (SSSR count). The van der Waals surface area contributed by atoms with Gasteiger partial charge in [0.25, 0.3) is 0 Å². The Balaban J connectivity index is 2.36. The summed E-state index contributed by atoms with van der Waals surface area (Å²) in [6.07, 6.45) is -0.569. The van der Waals surface area contributed by atoms with Crippen molar-refractivity contribution in [3.05, 3.63) is 35.9 Å². The van der Waals surface area contributed by atoms with E-state index in [2.05, 4.69) is 5.32 Å². The van der Waals surface area contributed by atoms with E-state index in [9.17, 15) is 9.59 Å². The number of hydrogen-bond acceptors (Lipinski definition) is 3. The lowest BCUT2D eigenvalue weighted by Gasteiger charge is -2.14. The van der Waals surface area contributed by atoms with Crippen molar-refractivity contribution in [2.24, 2.45) is 5.92 Å². The molecule has 1 aromatic carbocycles. The van der Waals surface area contributed by atoms with Crippen LogP contribution in [0, 0.1) is 5.92 Å². The van der Waals surface area contributed by atoms with Gasteiger partial charge in [-0.05, 0) is 12.5 Å². The number of Topliss-reactive ketones (excluding diaryl/α,β-unsaturated/α-hetero) is 1. The summed E-state index contributed by atoms with van der Waals surface area (Å²) in [5.41, 5.74) is 0.912. The topological polar surface area (TPSA) is 55.4 Å². The zero-order valence-electron chi connectivity index (χ0n) is 11.0. The number of carbonyl (C=O) groups is 2. The molecule has 0 aliphatic carbocycles. The van der Waals surface area contributed by atoms with E-state index in [4.69, 9.17) is 4.74 Å². The van der Waals surface area contributed by atoms with Crippen LogP contribution in [-0.4, -0.2) is 17.9 Å². The van der Waals surface area contributed by atoms with Crippen LogP contribution in [0.4, 0.5) is 4.79 Å². The van der Waals surface area contributed by atoms with E-state index in [-0.39, 0.29) is 18.3 Å². The molecular weight excluding hydrogens is 230 g/mol. The monoisotopic (exact) mass is 249 g/mol. The molecule has 0 spiro atoms. The van der Waals surface area contributed by atoms with Gasteiger partial charge in [-0.25, -0.2) is 4.79 Å². The van der Waals surface area contributed by atoms with Crippen LogP contribution in [0.25, 0.3) is 0 Å². The van der Waals surface area contributed by atoms with Gasteiger partial charge in [-0.15, -0.1) is 0 Å². The van der Waals surface area contributed by atoms with Gasteiger partial charge in [-0.1, -0.05) is 44.2 Å². The van der Waals surface area contributed by atoms with Gasteiger partial charge >= 0.3 is 6.09 Å². The molecule has 0 saturated carbocycles. The summed E-state index contributed by atoms with van der Waals surface area (Å²) in [5, 5.41) is 2.52. The molecule has 0 aliphatic rings. The third kappa shape index (κ3) is 4.57. The lowest BCUT2D eigenvalue weighted by Crippen LogP contribution is -2.40. The van der Waals surface area contributed by atoms with E-state index >= 15 is 0 Å². The minimum absolute atomic E-state index is 0.00772. The van der Waals surface area contributed by atoms with E-state index in [1.165, 1.54) is 0 Å². The third-order valence-electron chi connectivity index (χ3n) is 2.54. The first-order valence-electron chi connectivity index (χ1n) is 6.01. The number of amides is 1. The first-order valence-corrected chi connectivity index (χ1v) is 6.01. The average molecular weight is 249 g/mol. The first kappa shape index (κ1) is 14.2. The molecule has 0 bridgehead atoms. The van der Waals surface area contributed by atoms with Crippen molar-refractivity contribution in [1.82, 2.24) is 5.32 Å². The summed E-state index contributed by atoms with van der Waals surface area (Å²) in [5.74, 6) is -0.110. The number of benzene rings is 1. The van der Waals surface area contributed by atoms with Crippen molar-refractivity contribution in [1.29, 1.82) is 0 Å². The smallest absolute Gasteiger partial charge is 0.408 e. The van der Waals surface area contributed by atoms with E-state index in [1.807, 2.05) is 30.3 Å². The molecule has 0 aromatic heterocycles. The Bertz CT molecular complexity index is 401. The Morgan fingerprint density at radius 1 is 1.17 bits per heavy atom. The molecule has 98 valence electrons. The summed E-state index contributed by atoms with van der Waals surface area (Å²) in [6, 6.07) is 8.87. The molecule has 0 saturated heterocycles. The van der Waals surface area contributed by atoms with Crippen LogP contribution in [0.5, 0.6) is 0 Å². The van der Waals surface area contributed by atoms with Gasteiger partial charge in [0.2, 0.25) is 0 Å². The molecule has 0 aliphatic heterocycles. The lowest BCUT2D eigenvalue weighted by atomic mass is 10.0. The van der Waals surface area contributed by atoms with Gasteiger partial charge in [0.1, 0.15) is 6.61 Å². The largest absolute Gasteiger partial charge is 0.445 e. The Morgan fingerprint density at radius 3 is 2.33 bits per heavy atom. The van der Waals surface area contributed by atoms with Crippen LogP contribution in [0.3, 0.4) is 0 Å². The number of rotatable bonds is 5. The Hall–Kier alpha value is -1.84. The number of ketones is 1. The Labute approximate surface area is 107 Å². The number of ether oxygens (including phenoxy) is 1. The van der Waals surface area contributed by atoms with Gasteiger partial charge in [0, 0.05) is 5.92 Å². The lowest BCUT2D eigenvalue weighted by molar-refractivity contribution is -0.123. The highest BCUT2D eigenvalue weighted by Gasteiger charge is 2.18. The van der Waals surface area contributed by atoms with Crippen molar-refractivity contribution in [2.45, 2.75) is 33.4 Å². The summed E-state index contributed by atoms with van der Waals surface area (Å²) in [7, 11) is 0. The van der Waals surface area contributed by atoms with Gasteiger partial charge in [-0.2, -0.15) is 0 Å². The van der Waals surface area contributed by atoms with Gasteiger partial charge in [0.05, 0.1) is 6.04 Å². The molecule has 0 fully saturated rings. The van der Waals surface area contributed by atoms with Gasteiger partial charge < -0.3 is 10.1 Å². The molecule has 1 amide bonds. The molecule has 1 atom stereocenters. The SMILES string of the molecule is CC(C)C(=O)C(C)NC(=O)OCc1ccccc1. The van der Waals surface area contributed by atoms with Crippen LogP contribution in [-0.2, 0) is 16.1 Å². The third-order valence-corrected chi connectivity index (χ3v) is 2.54. The fourth-order valence-electron chi connectivity index (χ4n) is 1.51. The van der Waals surface area contributed by atoms with Crippen molar-refractivity contribution < 1.29 is 14.3 Å². The average Bonchev–Trinajstić information content (AvgIpc) is 2.36. The first-order chi connectivity index (χ1) is 8.50. The van der Waals surface area contributed by atoms with Crippen LogP contribution in [0.1, 0.15) is 26.3 Å². The predicted octanol–water partition coefficient (Wildman–Crippen LogP) is 2.53. The second-order valence-corrected chi connectivity index (χ2v) is 4.48. The van der Waals surface area contributed by atoms with Gasteiger partial charge in [-0.3, -0.25) is 4.79 Å². The normalized spacial score (nSPS) is 12.0. The molecule has 4 heteroatoms. The highest BCUT2D eigenvalue weighted by molar-refractivity contribution is 5.88. The number of carbonyl (C=O) groups excluding carboxylic acids is 2. The van der Waals surface area contributed by atoms with Crippen molar-refractivity contribution in [2.75, 3.05) is 0 Å². The van der Waals surface area contributed by atoms with Gasteiger partial charge in [0.15, 0.2) is 5.78 Å². The van der Waals surface area contributed by atoms with E-state index in [0.717, 1.165) is 5.56 Å². The number of alkyl carbamates (subject to hydrolysis) is 1. The molecule has 0 radical (unpaired) electrons. The highest BCUT2D eigenvalue weighted by Crippen LogP contribution is 2.02. The summed E-state index contributed by atoms with van der Waals surface area (Å²) in [6.45, 7) is 5.47. The van der Waals surface area contributed by atoms with Crippen LogP contribution >= 0.6 is 0 Å². The maximum atomic E-state index is 11.6. The standard InChI is InChI=1S/C14H19NO3/c1-10(2)13(16)11(3)15-14(17)18-9-12-7-5-4-6-8-12/h4-8,10-11H,9H2,1-3H3,(H,15,17). The molecule has 1 aromatic rings. The van der Waals surface area contributed by atoms with Crippen LogP contribution < -0.4 is 5.32 Å². The number of nitrogens with one attached hydrogen (secondary N) is 1. The second kappa shape index (κ2) is 6.79. The van der Waals surface area contributed by atoms with Crippen molar-refractivity contribution >= 4 is 11.9 Å². The summed E-state index contributed by atoms with van der Waals surface area (Å²) < 4.78 is 5.03. The summed E-state index contributed by atoms with van der Waals surface area (Å²) in [4.78, 5) is 23.1. The van der Waals surface area contributed by atoms with Crippen molar-refractivity contribution in [3.8, 4) is 0 Å². The quantitative estimate of drug-likeness (QED) is 0.872. The predicted molar refractivity (Wildman–Crippen MR) is 69.1 cm³/mol. The van der Waals surface area contributed by atoms with E-state index < -0.39 is 12.1 Å². The zero-order valence-corrected chi connectivity index (χ0v) is 11.0. The maximum Gasteiger partial charge on any atom is 0.408 e. The maximum absolute atomic E-state index is 11.6. The fraction of sp³-hybridized carbons (Fsp3) is 0.429. The fourth-order valence-corrected chi connectivity index (χ4v) is 1.51. The van der Waals surface area contributed by atoms with Crippen LogP contribution in [0.2, 0.25) is 0 Å². The Morgan fingerprint density at radius 2 is 1.78 bits per heavy atom. The number of hydrogen-bond donors (Lipinski definition) is 1. The molecule has 1 N–H and O–H groups in total. The molecule has 4 nitrogen and oxygen atoms in total. The van der Waals surface area contributed by atoms with E-state index in [0.29, 0.717) is 0 Å². The van der Waals surface area contributed by atoms with Crippen LogP contribution in [0.15, 0.2) is 30.3 Å². The van der Waals surface area contributed by atoms with Crippen molar-refractivity contribution in [3.63, 3.8) is 0 Å². The molecule has 0 heterocycles. The molecular formula is C14H19NO3. The summed E-state index contributed by atoms with van der Waals surface area (Å²) >= 11 is 0. The molecule has 18 heavy (non-hydrogen) atoms. The van der Waals surface area contributed by atoms with E-state index in [1.54, 1.807) is 20.8 Å². The zero-order chi connectivity index (χ0) is 13.5. The minimum atomic E-state index is -0.569. The minimum Gasteiger partial charge on any atom is -0.445 e. The Kier molecular flexibility index (Phi) is 5.36. The highest BCUT2D eigenvalue weighted by atomic mass is 16.5.